The third-order valence-corrected chi connectivity index (χ3v) is 7.49. The number of halogens is 2. The molecule has 10 heteroatoms. The van der Waals surface area contributed by atoms with E-state index in [1.165, 1.54) is 37.4 Å². The molecule has 8 nitrogen and oxygen atoms in total. The fraction of sp³-hybridized carbons (Fsp3) is 0.214. The summed E-state index contributed by atoms with van der Waals surface area (Å²) in [6.45, 7) is 0. The van der Waals surface area contributed by atoms with Crippen molar-refractivity contribution in [2.45, 2.75) is 24.8 Å². The quantitative estimate of drug-likeness (QED) is 0.255. The lowest BCUT2D eigenvalue weighted by atomic mass is 9.50. The van der Waals surface area contributed by atoms with Crippen LogP contribution >= 0.6 is 0 Å². The second-order valence-electron chi connectivity index (χ2n) is 9.90. The maximum Gasteiger partial charge on any atom is 0.283 e. The Kier molecular flexibility index (Phi) is 5.30. The Hall–Kier alpha value is -4.60. The highest BCUT2D eigenvalue weighted by Crippen LogP contribution is 2.57. The van der Waals surface area contributed by atoms with E-state index in [-0.39, 0.29) is 56.0 Å². The fourth-order valence-electron chi connectivity index (χ4n) is 5.53. The van der Waals surface area contributed by atoms with E-state index >= 15 is 4.39 Å². The van der Waals surface area contributed by atoms with Gasteiger partial charge in [0, 0.05) is 23.7 Å². The third-order valence-electron chi connectivity index (χ3n) is 7.49. The molecule has 2 bridgehead atoms. The van der Waals surface area contributed by atoms with Crippen LogP contribution in [0.2, 0.25) is 0 Å². The molecular weight excluding hydrogens is 496 g/mol. The van der Waals surface area contributed by atoms with E-state index in [2.05, 4.69) is 10.6 Å². The number of carbonyl (C=O) groups excluding carboxylic acids is 2. The highest BCUT2D eigenvalue weighted by atomic mass is 19.1. The van der Waals surface area contributed by atoms with E-state index in [1.807, 2.05) is 0 Å². The summed E-state index contributed by atoms with van der Waals surface area (Å²) in [5, 5.41) is 17.2. The van der Waals surface area contributed by atoms with Gasteiger partial charge in [-0.3, -0.25) is 19.7 Å². The maximum atomic E-state index is 16.3. The van der Waals surface area contributed by atoms with Crippen molar-refractivity contribution >= 4 is 28.5 Å². The topological polar surface area (TPSA) is 114 Å². The zero-order valence-electron chi connectivity index (χ0n) is 20.1. The predicted octanol–water partition coefficient (Wildman–Crippen LogP) is 5.60. The largest absolute Gasteiger partial charge is 0.455 e. The highest BCUT2D eigenvalue weighted by Gasteiger charge is 2.57. The molecule has 0 unspecified atom stereocenters. The minimum Gasteiger partial charge on any atom is -0.455 e. The van der Waals surface area contributed by atoms with Crippen LogP contribution in [0.15, 0.2) is 59.0 Å². The van der Waals surface area contributed by atoms with E-state index in [0.29, 0.717) is 5.92 Å². The van der Waals surface area contributed by atoms with Gasteiger partial charge in [0.25, 0.3) is 17.5 Å². The molecule has 38 heavy (non-hydrogen) atoms. The number of benzene rings is 3. The smallest absolute Gasteiger partial charge is 0.283 e. The van der Waals surface area contributed by atoms with Gasteiger partial charge >= 0.3 is 0 Å². The first-order chi connectivity index (χ1) is 18.2. The molecule has 192 valence electrons. The zero-order valence-corrected chi connectivity index (χ0v) is 20.1. The van der Waals surface area contributed by atoms with Gasteiger partial charge in [-0.1, -0.05) is 12.1 Å². The highest BCUT2D eigenvalue weighted by molar-refractivity contribution is 6.13. The summed E-state index contributed by atoms with van der Waals surface area (Å²) in [5.74, 6) is -1.98. The summed E-state index contributed by atoms with van der Waals surface area (Å²) in [6.07, 6.45) is 2.82. The second kappa shape index (κ2) is 8.47. The fourth-order valence-corrected chi connectivity index (χ4v) is 5.53. The summed E-state index contributed by atoms with van der Waals surface area (Å²) in [7, 11) is 1.35. The molecule has 3 aliphatic rings. The number of amides is 2. The van der Waals surface area contributed by atoms with Crippen molar-refractivity contribution in [3.8, 4) is 22.5 Å². The Morgan fingerprint density at radius 3 is 2.34 bits per heavy atom. The van der Waals surface area contributed by atoms with Gasteiger partial charge in [0.2, 0.25) is 0 Å². The average molecular weight is 517 g/mol. The van der Waals surface area contributed by atoms with Gasteiger partial charge in [-0.25, -0.2) is 8.78 Å². The summed E-state index contributed by atoms with van der Waals surface area (Å²) in [4.78, 5) is 37.1. The lowest BCUT2D eigenvalue weighted by Crippen LogP contribution is -2.68. The molecule has 7 rings (SSSR count). The van der Waals surface area contributed by atoms with Gasteiger partial charge in [0.1, 0.15) is 23.0 Å². The summed E-state index contributed by atoms with van der Waals surface area (Å²) < 4.78 is 35.6. The van der Waals surface area contributed by atoms with Crippen LogP contribution in [0.1, 0.15) is 40.0 Å². The van der Waals surface area contributed by atoms with Gasteiger partial charge in [-0.05, 0) is 67.1 Å². The Morgan fingerprint density at radius 1 is 1.03 bits per heavy atom. The molecule has 1 heterocycles. The number of nitro benzene ring substituents is 1. The number of furan rings is 1. The van der Waals surface area contributed by atoms with Crippen LogP contribution in [-0.2, 0) is 0 Å². The van der Waals surface area contributed by atoms with Crippen LogP contribution in [0.25, 0.3) is 33.4 Å². The molecule has 2 N–H and O–H groups in total. The third kappa shape index (κ3) is 3.63. The molecule has 0 atom stereocenters. The minimum absolute atomic E-state index is 0.0589. The van der Waals surface area contributed by atoms with Crippen LogP contribution in [0.4, 0.5) is 14.5 Å². The van der Waals surface area contributed by atoms with Gasteiger partial charge in [0.15, 0.2) is 0 Å². The van der Waals surface area contributed by atoms with E-state index in [0.717, 1.165) is 37.5 Å². The average Bonchev–Trinajstić information content (AvgIpc) is 3.25. The van der Waals surface area contributed by atoms with Crippen molar-refractivity contribution in [2.24, 2.45) is 5.92 Å². The Balaban J connectivity index is 1.53. The molecular formula is C28H21F2N3O5. The number of hydrogen-bond donors (Lipinski definition) is 2. The van der Waals surface area contributed by atoms with E-state index in [1.54, 1.807) is 6.07 Å². The molecule has 3 aliphatic carbocycles. The maximum absolute atomic E-state index is 16.3. The molecule has 3 aromatic carbocycles. The molecule has 3 fully saturated rings. The van der Waals surface area contributed by atoms with Gasteiger partial charge < -0.3 is 15.1 Å². The molecule has 2 amide bonds. The summed E-state index contributed by atoms with van der Waals surface area (Å²) in [5.41, 5.74) is -0.899. The van der Waals surface area contributed by atoms with Crippen molar-refractivity contribution in [3.05, 3.63) is 87.5 Å². The lowest BCUT2D eigenvalue weighted by Gasteiger charge is -2.61. The first-order valence-corrected chi connectivity index (χ1v) is 12.0. The molecule has 4 aromatic rings. The second-order valence-corrected chi connectivity index (χ2v) is 9.90. The van der Waals surface area contributed by atoms with E-state index in [9.17, 15) is 24.1 Å². The van der Waals surface area contributed by atoms with Gasteiger partial charge in [-0.2, -0.15) is 0 Å². The molecule has 3 saturated carbocycles. The first kappa shape index (κ1) is 23.8. The number of hydrogen-bond acceptors (Lipinski definition) is 5. The number of nitrogens with zero attached hydrogens (tertiary/aromatic N) is 1. The van der Waals surface area contributed by atoms with Crippen molar-refractivity contribution < 1.29 is 27.7 Å². The Labute approximate surface area is 214 Å². The normalized spacial score (nSPS) is 19.4. The van der Waals surface area contributed by atoms with Crippen molar-refractivity contribution in [2.75, 3.05) is 7.05 Å². The monoisotopic (exact) mass is 517 g/mol. The zero-order chi connectivity index (χ0) is 26.8. The lowest BCUT2D eigenvalue weighted by molar-refractivity contribution is -0.384. The number of nitrogens with one attached hydrogen (secondary N) is 2. The van der Waals surface area contributed by atoms with Crippen LogP contribution < -0.4 is 10.6 Å². The van der Waals surface area contributed by atoms with E-state index < -0.39 is 28.2 Å². The van der Waals surface area contributed by atoms with Gasteiger partial charge in [-0.15, -0.1) is 0 Å². The van der Waals surface area contributed by atoms with Crippen LogP contribution in [-0.4, -0.2) is 29.3 Å². The SMILES string of the molecule is CNC(=O)c1c(-c2ccc(F)cc2)oc2cc([N+](=O)[O-])c(-c3cccc(C(=O)NC45CC(C4)C5)c3)c(F)c12. The Bertz CT molecular complexity index is 1640. The minimum atomic E-state index is -1.04. The summed E-state index contributed by atoms with van der Waals surface area (Å²) >= 11 is 0. The van der Waals surface area contributed by atoms with Crippen molar-refractivity contribution in [1.82, 2.24) is 10.6 Å². The first-order valence-electron chi connectivity index (χ1n) is 12.0. The molecule has 0 aliphatic heterocycles. The number of rotatable bonds is 6. The van der Waals surface area contributed by atoms with Crippen LogP contribution in [0.5, 0.6) is 0 Å². The molecule has 0 spiro atoms. The number of nitro groups is 1. The standard InChI is InChI=1S/C28H21F2N3O5/c1-31-27(35)23-22-20(38-25(23)15-5-7-18(29)8-6-15)10-19(33(36)37)21(24(22)30)16-3-2-4-17(9-16)26(34)32-28-11-14(12-28)13-28/h2-10,14H,11-13H2,1H3,(H,31,35)(H,32,34). The molecule has 1 aromatic heterocycles. The van der Waals surface area contributed by atoms with Crippen LogP contribution in [0, 0.1) is 27.7 Å². The molecule has 0 radical (unpaired) electrons. The van der Waals surface area contributed by atoms with Crippen LogP contribution in [0.3, 0.4) is 0 Å². The number of carbonyl (C=O) groups is 2. The number of fused-ring (bicyclic) bond motifs is 1. The Morgan fingerprint density at radius 2 is 1.74 bits per heavy atom. The van der Waals surface area contributed by atoms with Gasteiger partial charge in [0.05, 0.1) is 27.5 Å². The summed E-state index contributed by atoms with van der Waals surface area (Å²) in [6, 6.07) is 12.1. The van der Waals surface area contributed by atoms with Crippen molar-refractivity contribution in [3.63, 3.8) is 0 Å². The molecule has 0 saturated heterocycles. The predicted molar refractivity (Wildman–Crippen MR) is 135 cm³/mol. The van der Waals surface area contributed by atoms with E-state index in [4.69, 9.17) is 4.42 Å². The van der Waals surface area contributed by atoms with Crippen molar-refractivity contribution in [1.29, 1.82) is 0 Å².